The van der Waals surface area contributed by atoms with Crippen LogP contribution in [-0.4, -0.2) is 33.5 Å². The third-order valence-corrected chi connectivity index (χ3v) is 4.72. The van der Waals surface area contributed by atoms with Crippen LogP contribution in [0, 0.1) is 0 Å². The third kappa shape index (κ3) is 2.52. The van der Waals surface area contributed by atoms with Crippen LogP contribution in [0.4, 0.5) is 5.69 Å². The first-order chi connectivity index (χ1) is 11.7. The molecule has 0 radical (unpaired) electrons. The molecule has 24 heavy (non-hydrogen) atoms. The van der Waals surface area contributed by atoms with Crippen LogP contribution in [0.5, 0.6) is 5.75 Å². The molecule has 1 aliphatic heterocycles. The number of benzene rings is 1. The first-order valence-electron chi connectivity index (χ1n) is 7.52. The Morgan fingerprint density at radius 3 is 2.83 bits per heavy atom. The molecule has 6 nitrogen and oxygen atoms in total. The monoisotopic (exact) mass is 338 g/mol. The van der Waals surface area contributed by atoms with E-state index in [-0.39, 0.29) is 11.9 Å². The highest BCUT2D eigenvalue weighted by molar-refractivity contribution is 7.17. The molecule has 0 saturated heterocycles. The second-order valence-corrected chi connectivity index (χ2v) is 6.44. The van der Waals surface area contributed by atoms with Gasteiger partial charge in [-0.05, 0) is 25.1 Å². The molecule has 1 aliphatic rings. The summed E-state index contributed by atoms with van der Waals surface area (Å²) in [5.74, 6) is 1.16. The van der Waals surface area contributed by atoms with Crippen LogP contribution >= 0.6 is 11.3 Å². The predicted molar refractivity (Wildman–Crippen MR) is 91.3 cm³/mol. The van der Waals surface area contributed by atoms with E-state index in [0.717, 1.165) is 11.4 Å². The highest BCUT2D eigenvalue weighted by Crippen LogP contribution is 2.35. The fourth-order valence-corrected chi connectivity index (χ4v) is 3.42. The van der Waals surface area contributed by atoms with Gasteiger partial charge in [0, 0.05) is 12.4 Å². The van der Waals surface area contributed by atoms with Gasteiger partial charge < -0.3 is 4.74 Å². The number of fused-ring (bicyclic) bond motifs is 1. The van der Waals surface area contributed by atoms with E-state index in [0.29, 0.717) is 22.3 Å². The average molecular weight is 338 g/mol. The van der Waals surface area contributed by atoms with Crippen molar-refractivity contribution in [2.75, 3.05) is 11.5 Å². The van der Waals surface area contributed by atoms with Gasteiger partial charge in [0.05, 0.1) is 17.9 Å². The largest absolute Gasteiger partial charge is 0.489 e. The van der Waals surface area contributed by atoms with Crippen LogP contribution in [0.2, 0.25) is 0 Å². The van der Waals surface area contributed by atoms with Gasteiger partial charge in [0.2, 0.25) is 0 Å². The van der Waals surface area contributed by atoms with Crippen molar-refractivity contribution in [3.8, 4) is 16.6 Å². The van der Waals surface area contributed by atoms with Crippen LogP contribution in [0.15, 0.2) is 48.9 Å². The maximum atomic E-state index is 13.0. The number of aromatic nitrogens is 3. The standard InChI is InChI=1S/C17H14N4O2S/c1-11-10-23-13-6-3-2-5-12(13)21(11)17(22)14-9-20-16(24-14)15-18-7-4-8-19-15/h2-9,11H,10H2,1H3/t11-/m0/s1. The van der Waals surface area contributed by atoms with Gasteiger partial charge in [0.25, 0.3) is 5.91 Å². The maximum Gasteiger partial charge on any atom is 0.270 e. The molecule has 0 saturated carbocycles. The molecule has 120 valence electrons. The maximum absolute atomic E-state index is 13.0. The van der Waals surface area contributed by atoms with Gasteiger partial charge in [-0.1, -0.05) is 12.1 Å². The number of hydrogen-bond acceptors (Lipinski definition) is 6. The fourth-order valence-electron chi connectivity index (χ4n) is 2.61. The number of amides is 1. The molecule has 0 unspecified atom stereocenters. The van der Waals surface area contributed by atoms with Crippen LogP contribution in [0.25, 0.3) is 10.8 Å². The van der Waals surface area contributed by atoms with E-state index in [9.17, 15) is 4.79 Å². The van der Waals surface area contributed by atoms with E-state index in [1.165, 1.54) is 11.3 Å². The normalized spacial score (nSPS) is 16.4. The lowest BCUT2D eigenvalue weighted by atomic mass is 10.1. The number of thiazole rings is 1. The van der Waals surface area contributed by atoms with Crippen LogP contribution in [-0.2, 0) is 0 Å². The number of ether oxygens (including phenoxy) is 1. The smallest absolute Gasteiger partial charge is 0.270 e. The Kier molecular flexibility index (Phi) is 3.70. The molecule has 4 rings (SSSR count). The van der Waals surface area contributed by atoms with E-state index in [1.54, 1.807) is 29.6 Å². The van der Waals surface area contributed by atoms with Crippen molar-refractivity contribution < 1.29 is 9.53 Å². The molecule has 0 spiro atoms. The van der Waals surface area contributed by atoms with Crippen molar-refractivity contribution in [2.45, 2.75) is 13.0 Å². The second kappa shape index (κ2) is 6.01. The van der Waals surface area contributed by atoms with E-state index < -0.39 is 0 Å². The first-order valence-corrected chi connectivity index (χ1v) is 8.34. The van der Waals surface area contributed by atoms with E-state index in [4.69, 9.17) is 4.74 Å². The van der Waals surface area contributed by atoms with Crippen LogP contribution in [0.1, 0.15) is 16.6 Å². The minimum atomic E-state index is -0.0852. The van der Waals surface area contributed by atoms with E-state index in [2.05, 4.69) is 15.0 Å². The highest BCUT2D eigenvalue weighted by Gasteiger charge is 2.31. The minimum absolute atomic E-state index is 0.0501. The average Bonchev–Trinajstić information content (AvgIpc) is 3.12. The summed E-state index contributed by atoms with van der Waals surface area (Å²) in [6.07, 6.45) is 4.90. The summed E-state index contributed by atoms with van der Waals surface area (Å²) in [6, 6.07) is 9.26. The van der Waals surface area contributed by atoms with Gasteiger partial charge in [0.15, 0.2) is 10.8 Å². The number of rotatable bonds is 2. The van der Waals surface area contributed by atoms with Crippen molar-refractivity contribution in [3.05, 3.63) is 53.8 Å². The fraction of sp³-hybridized carbons (Fsp3) is 0.176. The third-order valence-electron chi connectivity index (χ3n) is 3.74. The Balaban J connectivity index is 1.68. The molecule has 1 aromatic carbocycles. The molecule has 3 heterocycles. The van der Waals surface area contributed by atoms with Crippen molar-refractivity contribution in [2.24, 2.45) is 0 Å². The quantitative estimate of drug-likeness (QED) is 0.718. The Hall–Kier alpha value is -2.80. The lowest BCUT2D eigenvalue weighted by Crippen LogP contribution is -2.44. The second-order valence-electron chi connectivity index (χ2n) is 5.40. The zero-order valence-electron chi connectivity index (χ0n) is 12.9. The number of anilines is 1. The first kappa shape index (κ1) is 14.8. The number of carbonyl (C=O) groups is 1. The zero-order chi connectivity index (χ0) is 16.5. The Bertz CT molecular complexity index is 881. The Morgan fingerprint density at radius 2 is 2.00 bits per heavy atom. The summed E-state index contributed by atoms with van der Waals surface area (Å²) >= 11 is 1.30. The number of carbonyl (C=O) groups excluding carboxylic acids is 1. The van der Waals surface area contributed by atoms with Gasteiger partial charge in [-0.15, -0.1) is 11.3 Å². The molecule has 3 aromatic rings. The zero-order valence-corrected chi connectivity index (χ0v) is 13.7. The van der Waals surface area contributed by atoms with Crippen molar-refractivity contribution in [1.29, 1.82) is 0 Å². The van der Waals surface area contributed by atoms with E-state index >= 15 is 0 Å². The van der Waals surface area contributed by atoms with Gasteiger partial charge in [-0.2, -0.15) is 0 Å². The lowest BCUT2D eigenvalue weighted by Gasteiger charge is -2.34. The molecule has 0 fully saturated rings. The predicted octanol–water partition coefficient (Wildman–Crippen LogP) is 3.03. The van der Waals surface area contributed by atoms with Gasteiger partial charge in [-0.3, -0.25) is 9.69 Å². The molecular weight excluding hydrogens is 324 g/mol. The minimum Gasteiger partial charge on any atom is -0.489 e. The Morgan fingerprint density at radius 1 is 1.21 bits per heavy atom. The molecule has 7 heteroatoms. The molecule has 1 atom stereocenters. The van der Waals surface area contributed by atoms with E-state index in [1.807, 2.05) is 31.2 Å². The molecule has 0 N–H and O–H groups in total. The summed E-state index contributed by atoms with van der Waals surface area (Å²) in [5, 5.41) is 0.633. The van der Waals surface area contributed by atoms with Crippen LogP contribution in [0.3, 0.4) is 0 Å². The van der Waals surface area contributed by atoms with Gasteiger partial charge in [0.1, 0.15) is 17.2 Å². The lowest BCUT2D eigenvalue weighted by molar-refractivity contribution is 0.0964. The van der Waals surface area contributed by atoms with Crippen molar-refractivity contribution >= 4 is 22.9 Å². The summed E-state index contributed by atoms with van der Waals surface area (Å²) < 4.78 is 5.70. The summed E-state index contributed by atoms with van der Waals surface area (Å²) in [5.41, 5.74) is 0.784. The SMILES string of the molecule is C[C@H]1COc2ccccc2N1C(=O)c1cnc(-c2ncccn2)s1. The van der Waals surface area contributed by atoms with Gasteiger partial charge >= 0.3 is 0 Å². The number of nitrogens with zero attached hydrogens (tertiary/aromatic N) is 4. The number of hydrogen-bond donors (Lipinski definition) is 0. The molecule has 1 amide bonds. The summed E-state index contributed by atoms with van der Waals surface area (Å²) in [4.78, 5) is 28.0. The Labute approximate surface area is 142 Å². The summed E-state index contributed by atoms with van der Waals surface area (Å²) in [6.45, 7) is 2.44. The summed E-state index contributed by atoms with van der Waals surface area (Å²) in [7, 11) is 0. The highest BCUT2D eigenvalue weighted by atomic mass is 32.1. The number of para-hydroxylation sites is 2. The molecule has 0 aliphatic carbocycles. The van der Waals surface area contributed by atoms with Crippen LogP contribution < -0.4 is 9.64 Å². The molecule has 2 aromatic heterocycles. The van der Waals surface area contributed by atoms with Crippen molar-refractivity contribution in [1.82, 2.24) is 15.0 Å². The van der Waals surface area contributed by atoms with Crippen molar-refractivity contribution in [3.63, 3.8) is 0 Å². The molecule has 0 bridgehead atoms. The molecular formula is C17H14N4O2S. The topological polar surface area (TPSA) is 68.2 Å². The van der Waals surface area contributed by atoms with Gasteiger partial charge in [-0.25, -0.2) is 15.0 Å².